The van der Waals surface area contributed by atoms with Gasteiger partial charge in [-0.25, -0.2) is 4.79 Å². The monoisotopic (exact) mass is 482 g/mol. The van der Waals surface area contributed by atoms with Crippen molar-refractivity contribution in [2.24, 2.45) is 5.92 Å². The fourth-order valence-electron chi connectivity index (χ4n) is 3.77. The Morgan fingerprint density at radius 2 is 2.03 bits per heavy atom. The number of hydrogen-bond donors (Lipinski definition) is 3. The molecule has 0 radical (unpaired) electrons. The van der Waals surface area contributed by atoms with Crippen molar-refractivity contribution in [2.75, 3.05) is 19.9 Å². The summed E-state index contributed by atoms with van der Waals surface area (Å²) in [5, 5.41) is 20.2. The number of cyclic esters (lactones) is 1. The zero-order chi connectivity index (χ0) is 24.8. The molecule has 182 valence electrons. The standard InChI is InChI=1S/C23H31O9P/c1-5-32-33(28,29)11-7-6-8-16(22(25)26)12-14(2)9-10-17-20(24)19-18(13-31-23(19)27)15(3)21(17)30-4/h6-7,9,16,24H,5,8,10-13H2,1-4H3,(H,25,26)(H,28,29)/b7-6?,14-9+. The van der Waals surface area contributed by atoms with Gasteiger partial charge in [0.25, 0.3) is 0 Å². The largest absolute Gasteiger partial charge is 0.507 e. The Morgan fingerprint density at radius 1 is 1.33 bits per heavy atom. The van der Waals surface area contributed by atoms with Gasteiger partial charge in [-0.2, -0.15) is 0 Å². The fraction of sp³-hybridized carbons (Fsp3) is 0.478. The molecule has 1 aromatic rings. The highest BCUT2D eigenvalue weighted by molar-refractivity contribution is 7.53. The predicted molar refractivity (Wildman–Crippen MR) is 122 cm³/mol. The first kappa shape index (κ1) is 26.6. The molecule has 3 N–H and O–H groups in total. The van der Waals surface area contributed by atoms with E-state index in [1.165, 1.54) is 13.2 Å². The van der Waals surface area contributed by atoms with Gasteiger partial charge in [0, 0.05) is 11.1 Å². The van der Waals surface area contributed by atoms with Gasteiger partial charge in [-0.3, -0.25) is 9.36 Å². The van der Waals surface area contributed by atoms with Gasteiger partial charge in [0.1, 0.15) is 23.7 Å². The number of carbonyl (C=O) groups excluding carboxylic acids is 1. The molecule has 0 aromatic heterocycles. The number of phenolic OH excluding ortho intramolecular Hbond substituents is 1. The van der Waals surface area contributed by atoms with Crippen LogP contribution in [0.3, 0.4) is 0 Å². The maximum atomic E-state index is 12.0. The van der Waals surface area contributed by atoms with Gasteiger partial charge in [-0.1, -0.05) is 23.8 Å². The number of phenols is 1. The molecule has 1 aliphatic heterocycles. The van der Waals surface area contributed by atoms with Crippen LogP contribution in [0.5, 0.6) is 11.5 Å². The number of benzene rings is 1. The van der Waals surface area contributed by atoms with E-state index in [1.54, 1.807) is 32.9 Å². The zero-order valence-electron chi connectivity index (χ0n) is 19.3. The first-order valence-corrected chi connectivity index (χ1v) is 12.4. The summed E-state index contributed by atoms with van der Waals surface area (Å²) < 4.78 is 27.0. The molecular formula is C23H31O9P. The summed E-state index contributed by atoms with van der Waals surface area (Å²) in [5.74, 6) is -2.01. The maximum absolute atomic E-state index is 12.0. The molecule has 2 unspecified atom stereocenters. The third-order valence-corrected chi connectivity index (χ3v) is 6.81. The van der Waals surface area contributed by atoms with Crippen LogP contribution in [0.2, 0.25) is 0 Å². The SMILES string of the molecule is CCOP(=O)(O)CC=CCC(C/C(C)=C/Cc1c(O)c2c(c(C)c1OC)COC2=O)C(=O)O. The summed E-state index contributed by atoms with van der Waals surface area (Å²) in [4.78, 5) is 33.3. The third kappa shape index (κ3) is 6.69. The summed E-state index contributed by atoms with van der Waals surface area (Å²) in [7, 11) is -2.21. The summed E-state index contributed by atoms with van der Waals surface area (Å²) in [6.07, 6.45) is 5.31. The number of allylic oxidation sites excluding steroid dienone is 4. The second-order valence-corrected chi connectivity index (χ2v) is 9.75. The van der Waals surface area contributed by atoms with Crippen LogP contribution in [-0.2, 0) is 31.6 Å². The smallest absolute Gasteiger partial charge is 0.342 e. The molecule has 1 aromatic carbocycles. The average molecular weight is 482 g/mol. The molecule has 0 spiro atoms. The van der Waals surface area contributed by atoms with Crippen LogP contribution in [0.1, 0.15) is 53.7 Å². The van der Waals surface area contributed by atoms with Crippen molar-refractivity contribution >= 4 is 19.5 Å². The van der Waals surface area contributed by atoms with E-state index in [1.807, 2.05) is 0 Å². The second-order valence-electron chi connectivity index (χ2n) is 7.85. The van der Waals surface area contributed by atoms with Crippen LogP contribution in [-0.4, -0.2) is 46.9 Å². The summed E-state index contributed by atoms with van der Waals surface area (Å²) in [6, 6.07) is 0. The fourth-order valence-corrected chi connectivity index (χ4v) is 4.69. The van der Waals surface area contributed by atoms with Gasteiger partial charge in [0.2, 0.25) is 0 Å². The first-order chi connectivity index (χ1) is 15.5. The molecule has 1 aliphatic rings. The molecule has 0 aliphatic carbocycles. The van der Waals surface area contributed by atoms with E-state index in [4.69, 9.17) is 14.0 Å². The van der Waals surface area contributed by atoms with Crippen molar-refractivity contribution in [2.45, 2.75) is 46.6 Å². The van der Waals surface area contributed by atoms with Crippen LogP contribution in [0.15, 0.2) is 23.8 Å². The number of aromatic hydroxyl groups is 1. The lowest BCUT2D eigenvalue weighted by Crippen LogP contribution is -2.13. The molecule has 2 rings (SSSR count). The molecule has 33 heavy (non-hydrogen) atoms. The minimum absolute atomic E-state index is 0.0865. The van der Waals surface area contributed by atoms with Crippen molar-refractivity contribution in [3.05, 3.63) is 46.1 Å². The number of ether oxygens (including phenoxy) is 2. The Kier molecular flexibility index (Phi) is 9.28. The molecular weight excluding hydrogens is 451 g/mol. The van der Waals surface area contributed by atoms with Crippen LogP contribution in [0.4, 0.5) is 0 Å². The van der Waals surface area contributed by atoms with E-state index >= 15 is 0 Å². The Balaban J connectivity index is 2.13. The highest BCUT2D eigenvalue weighted by Gasteiger charge is 2.32. The minimum Gasteiger partial charge on any atom is -0.507 e. The number of methoxy groups -OCH3 is 1. The molecule has 0 saturated carbocycles. The third-order valence-electron chi connectivity index (χ3n) is 5.47. The number of carboxylic acids is 1. The van der Waals surface area contributed by atoms with Gasteiger partial charge in [-0.15, -0.1) is 0 Å². The number of esters is 1. The van der Waals surface area contributed by atoms with E-state index in [2.05, 4.69) is 0 Å². The van der Waals surface area contributed by atoms with Gasteiger partial charge in [0.05, 0.1) is 25.8 Å². The lowest BCUT2D eigenvalue weighted by molar-refractivity contribution is -0.141. The topological polar surface area (TPSA) is 140 Å². The number of carboxylic acid groups (broad SMARTS) is 1. The Hall–Kier alpha value is -2.61. The van der Waals surface area contributed by atoms with E-state index in [-0.39, 0.29) is 50.0 Å². The zero-order valence-corrected chi connectivity index (χ0v) is 20.2. The Labute approximate surface area is 193 Å². The van der Waals surface area contributed by atoms with Crippen molar-refractivity contribution in [3.8, 4) is 11.5 Å². The highest BCUT2D eigenvalue weighted by Crippen LogP contribution is 2.42. The average Bonchev–Trinajstić information content (AvgIpc) is 3.13. The second kappa shape index (κ2) is 11.5. The van der Waals surface area contributed by atoms with Crippen molar-refractivity contribution in [1.82, 2.24) is 0 Å². The van der Waals surface area contributed by atoms with Gasteiger partial charge < -0.3 is 29.1 Å². The van der Waals surface area contributed by atoms with Gasteiger partial charge in [0.15, 0.2) is 0 Å². The van der Waals surface area contributed by atoms with Crippen LogP contribution >= 0.6 is 7.60 Å². The van der Waals surface area contributed by atoms with E-state index < -0.39 is 25.5 Å². The maximum Gasteiger partial charge on any atom is 0.342 e. The summed E-state index contributed by atoms with van der Waals surface area (Å²) >= 11 is 0. The van der Waals surface area contributed by atoms with Crippen molar-refractivity contribution in [1.29, 1.82) is 0 Å². The summed E-state index contributed by atoms with van der Waals surface area (Å²) in [6.45, 7) is 5.41. The number of rotatable bonds is 12. The predicted octanol–water partition coefficient (Wildman–Crippen LogP) is 4.13. The molecule has 1 heterocycles. The Morgan fingerprint density at radius 3 is 2.64 bits per heavy atom. The van der Waals surface area contributed by atoms with Crippen LogP contribution in [0.25, 0.3) is 0 Å². The van der Waals surface area contributed by atoms with Gasteiger partial charge in [-0.05, 0) is 45.6 Å². The molecule has 0 fully saturated rings. The first-order valence-electron chi connectivity index (χ1n) is 10.6. The number of aliphatic carboxylic acids is 1. The quantitative estimate of drug-likeness (QED) is 0.228. The molecule has 0 saturated heterocycles. The van der Waals surface area contributed by atoms with Crippen molar-refractivity contribution < 1.29 is 43.3 Å². The number of carbonyl (C=O) groups is 2. The van der Waals surface area contributed by atoms with E-state index in [0.29, 0.717) is 16.9 Å². The summed E-state index contributed by atoms with van der Waals surface area (Å²) in [5.41, 5.74) is 2.69. The Bertz CT molecular complexity index is 1010. The van der Waals surface area contributed by atoms with E-state index in [9.17, 15) is 29.3 Å². The molecule has 10 heteroatoms. The van der Waals surface area contributed by atoms with E-state index in [0.717, 1.165) is 11.1 Å². The highest BCUT2D eigenvalue weighted by atomic mass is 31.2. The lowest BCUT2D eigenvalue weighted by atomic mass is 9.93. The molecule has 0 amide bonds. The molecule has 0 bridgehead atoms. The number of hydrogen-bond acceptors (Lipinski definition) is 7. The molecule has 2 atom stereocenters. The number of fused-ring (bicyclic) bond motifs is 1. The van der Waals surface area contributed by atoms with Crippen LogP contribution in [0, 0.1) is 12.8 Å². The van der Waals surface area contributed by atoms with Crippen LogP contribution < -0.4 is 4.74 Å². The normalized spacial score (nSPS) is 16.4. The molecule has 9 nitrogen and oxygen atoms in total. The minimum atomic E-state index is -3.69. The lowest BCUT2D eigenvalue weighted by Gasteiger charge is -2.16. The van der Waals surface area contributed by atoms with Gasteiger partial charge >= 0.3 is 19.5 Å². The van der Waals surface area contributed by atoms with Crippen molar-refractivity contribution in [3.63, 3.8) is 0 Å².